The lowest BCUT2D eigenvalue weighted by Gasteiger charge is -2.33. The second kappa shape index (κ2) is 9.61. The Morgan fingerprint density at radius 1 is 1.32 bits per heavy atom. The Balaban J connectivity index is 0.00000312. The molecule has 1 aromatic rings. The first kappa shape index (κ1) is 22.0. The molecule has 2 rings (SSSR count). The van der Waals surface area contributed by atoms with Crippen LogP contribution in [0.25, 0.3) is 0 Å². The number of benzene rings is 1. The standard InChI is InChI=1S/C15H21F3N2O3S.ClH/c1-2-9-20(11-5-7-19-8-6-11)24(21,22)12-3-4-14(13(16)10-12)23-15(17)18;/h3-4,10-11,15,19H,2,5-9H2,1H3;1H. The summed E-state index contributed by atoms with van der Waals surface area (Å²) in [6.07, 6.45) is 1.97. The lowest BCUT2D eigenvalue weighted by molar-refractivity contribution is -0.0522. The second-order valence-electron chi connectivity index (χ2n) is 5.57. The molecule has 1 aromatic carbocycles. The first-order chi connectivity index (χ1) is 11.4. The van der Waals surface area contributed by atoms with E-state index in [1.54, 1.807) is 0 Å². The molecule has 1 heterocycles. The van der Waals surface area contributed by atoms with Gasteiger partial charge in [-0.2, -0.15) is 13.1 Å². The van der Waals surface area contributed by atoms with E-state index < -0.39 is 28.2 Å². The third-order valence-electron chi connectivity index (χ3n) is 3.89. The summed E-state index contributed by atoms with van der Waals surface area (Å²) in [7, 11) is -3.91. The molecule has 0 aliphatic carbocycles. The predicted molar refractivity (Wildman–Crippen MR) is 90.4 cm³/mol. The molecule has 25 heavy (non-hydrogen) atoms. The molecule has 0 saturated carbocycles. The van der Waals surface area contributed by atoms with Gasteiger partial charge in [-0.15, -0.1) is 12.4 Å². The fourth-order valence-electron chi connectivity index (χ4n) is 2.78. The van der Waals surface area contributed by atoms with Crippen LogP contribution in [0.3, 0.4) is 0 Å². The molecule has 1 fully saturated rings. The first-order valence-electron chi connectivity index (χ1n) is 7.83. The molecule has 1 aliphatic rings. The molecule has 144 valence electrons. The van der Waals surface area contributed by atoms with E-state index in [0.717, 1.165) is 31.3 Å². The SMILES string of the molecule is CCCN(C1CCNCC1)S(=O)(=O)c1ccc(OC(F)F)c(F)c1.Cl. The van der Waals surface area contributed by atoms with Crippen molar-refractivity contribution in [3.05, 3.63) is 24.0 Å². The van der Waals surface area contributed by atoms with Gasteiger partial charge in [0, 0.05) is 12.6 Å². The maximum absolute atomic E-state index is 13.9. The largest absolute Gasteiger partial charge is 0.432 e. The van der Waals surface area contributed by atoms with Gasteiger partial charge in [0.2, 0.25) is 10.0 Å². The Kier molecular flexibility index (Phi) is 8.46. The van der Waals surface area contributed by atoms with Crippen LogP contribution in [0, 0.1) is 5.82 Å². The molecule has 10 heteroatoms. The summed E-state index contributed by atoms with van der Waals surface area (Å²) in [6, 6.07) is 2.59. The topological polar surface area (TPSA) is 58.6 Å². The van der Waals surface area contributed by atoms with Crippen molar-refractivity contribution in [3.8, 4) is 5.75 Å². The molecule has 1 aliphatic heterocycles. The number of sulfonamides is 1. The van der Waals surface area contributed by atoms with Crippen LogP contribution in [-0.2, 0) is 10.0 Å². The van der Waals surface area contributed by atoms with Crippen molar-refractivity contribution in [3.63, 3.8) is 0 Å². The van der Waals surface area contributed by atoms with Crippen molar-refractivity contribution in [2.24, 2.45) is 0 Å². The summed E-state index contributed by atoms with van der Waals surface area (Å²) < 4.78 is 69.4. The van der Waals surface area contributed by atoms with E-state index >= 15 is 0 Å². The number of alkyl halides is 2. The smallest absolute Gasteiger partial charge is 0.387 e. The molecular formula is C15H22ClF3N2O3S. The van der Waals surface area contributed by atoms with Crippen molar-refractivity contribution in [2.45, 2.75) is 43.7 Å². The fraction of sp³-hybridized carbons (Fsp3) is 0.600. The number of hydrogen-bond donors (Lipinski definition) is 1. The Hall–Kier alpha value is -1.03. The van der Waals surface area contributed by atoms with E-state index in [-0.39, 0.29) is 23.3 Å². The van der Waals surface area contributed by atoms with Crippen LogP contribution in [-0.4, -0.2) is 45.0 Å². The average molecular weight is 403 g/mol. The average Bonchev–Trinajstić information content (AvgIpc) is 2.54. The highest BCUT2D eigenvalue weighted by Gasteiger charge is 2.32. The minimum Gasteiger partial charge on any atom is -0.432 e. The highest BCUT2D eigenvalue weighted by Crippen LogP contribution is 2.27. The predicted octanol–water partition coefficient (Wildman–Crippen LogP) is 3.00. The summed E-state index contributed by atoms with van der Waals surface area (Å²) in [4.78, 5) is -0.256. The lowest BCUT2D eigenvalue weighted by Crippen LogP contribution is -2.46. The minimum atomic E-state index is -3.91. The van der Waals surface area contributed by atoms with Gasteiger partial charge in [0.15, 0.2) is 11.6 Å². The molecule has 0 spiro atoms. The summed E-state index contributed by atoms with van der Waals surface area (Å²) in [5, 5.41) is 3.17. The maximum Gasteiger partial charge on any atom is 0.387 e. The van der Waals surface area contributed by atoms with Gasteiger partial charge in [-0.1, -0.05) is 6.92 Å². The molecule has 0 bridgehead atoms. The molecule has 0 aromatic heterocycles. The summed E-state index contributed by atoms with van der Waals surface area (Å²) in [5.41, 5.74) is 0. The van der Waals surface area contributed by atoms with Crippen molar-refractivity contribution in [2.75, 3.05) is 19.6 Å². The summed E-state index contributed by atoms with van der Waals surface area (Å²) in [6.45, 7) is 0.452. The number of ether oxygens (including phenoxy) is 1. The van der Waals surface area contributed by atoms with E-state index in [2.05, 4.69) is 10.1 Å². The quantitative estimate of drug-likeness (QED) is 0.761. The van der Waals surface area contributed by atoms with Crippen LogP contribution >= 0.6 is 12.4 Å². The summed E-state index contributed by atoms with van der Waals surface area (Å²) in [5.74, 6) is -1.80. The number of halogens is 4. The van der Waals surface area contributed by atoms with Crippen molar-refractivity contribution < 1.29 is 26.3 Å². The van der Waals surface area contributed by atoms with E-state index in [4.69, 9.17) is 0 Å². The van der Waals surface area contributed by atoms with Crippen molar-refractivity contribution >= 4 is 22.4 Å². The van der Waals surface area contributed by atoms with Crippen LogP contribution in [0.4, 0.5) is 13.2 Å². The number of nitrogens with zero attached hydrogens (tertiary/aromatic N) is 1. The monoisotopic (exact) mass is 402 g/mol. The summed E-state index contributed by atoms with van der Waals surface area (Å²) >= 11 is 0. The minimum absolute atomic E-state index is 0. The zero-order valence-electron chi connectivity index (χ0n) is 13.8. The Labute approximate surface area is 152 Å². The Bertz CT molecular complexity index is 655. The van der Waals surface area contributed by atoms with Gasteiger partial charge < -0.3 is 10.1 Å². The van der Waals surface area contributed by atoms with E-state index in [1.807, 2.05) is 6.92 Å². The fourth-order valence-corrected chi connectivity index (χ4v) is 4.57. The van der Waals surface area contributed by atoms with Gasteiger partial charge in [0.1, 0.15) is 0 Å². The highest BCUT2D eigenvalue weighted by atomic mass is 35.5. The van der Waals surface area contributed by atoms with Gasteiger partial charge in [0.25, 0.3) is 0 Å². The Morgan fingerprint density at radius 2 is 1.96 bits per heavy atom. The van der Waals surface area contributed by atoms with Crippen molar-refractivity contribution in [1.29, 1.82) is 0 Å². The zero-order chi connectivity index (χ0) is 17.7. The lowest BCUT2D eigenvalue weighted by atomic mass is 10.1. The molecule has 1 N–H and O–H groups in total. The number of nitrogens with one attached hydrogen (secondary N) is 1. The van der Waals surface area contributed by atoms with Gasteiger partial charge in [0.05, 0.1) is 4.90 Å². The molecule has 0 amide bonds. The van der Waals surface area contributed by atoms with Gasteiger partial charge in [-0.05, 0) is 50.6 Å². The highest BCUT2D eigenvalue weighted by molar-refractivity contribution is 7.89. The van der Waals surface area contributed by atoms with E-state index in [1.165, 1.54) is 4.31 Å². The van der Waals surface area contributed by atoms with Crippen LogP contribution in [0.1, 0.15) is 26.2 Å². The second-order valence-corrected chi connectivity index (χ2v) is 7.46. The van der Waals surface area contributed by atoms with Gasteiger partial charge >= 0.3 is 6.61 Å². The van der Waals surface area contributed by atoms with Crippen molar-refractivity contribution in [1.82, 2.24) is 9.62 Å². The number of piperidine rings is 1. The third-order valence-corrected chi connectivity index (χ3v) is 5.83. The van der Waals surface area contributed by atoms with E-state index in [9.17, 15) is 21.6 Å². The van der Waals surface area contributed by atoms with Crippen LogP contribution < -0.4 is 10.1 Å². The number of hydrogen-bond acceptors (Lipinski definition) is 4. The van der Waals surface area contributed by atoms with Gasteiger partial charge in [-0.25, -0.2) is 12.8 Å². The molecule has 0 atom stereocenters. The first-order valence-corrected chi connectivity index (χ1v) is 9.27. The molecular weight excluding hydrogens is 381 g/mol. The van der Waals surface area contributed by atoms with Gasteiger partial charge in [-0.3, -0.25) is 0 Å². The zero-order valence-corrected chi connectivity index (χ0v) is 15.4. The maximum atomic E-state index is 13.9. The molecule has 0 unspecified atom stereocenters. The third kappa shape index (κ3) is 5.47. The van der Waals surface area contributed by atoms with E-state index in [0.29, 0.717) is 25.8 Å². The normalized spacial score (nSPS) is 16.1. The molecule has 0 radical (unpaired) electrons. The Morgan fingerprint density at radius 3 is 2.48 bits per heavy atom. The number of rotatable bonds is 7. The molecule has 1 saturated heterocycles. The van der Waals surface area contributed by atoms with Crippen LogP contribution in [0.5, 0.6) is 5.75 Å². The van der Waals surface area contributed by atoms with Crippen LogP contribution in [0.2, 0.25) is 0 Å². The molecule has 5 nitrogen and oxygen atoms in total. The van der Waals surface area contributed by atoms with Crippen LogP contribution in [0.15, 0.2) is 23.1 Å².